The number of rotatable bonds is 6. The van der Waals surface area contributed by atoms with Crippen LogP contribution in [-0.4, -0.2) is 45.0 Å². The molecular weight excluding hydrogens is 543 g/mol. The van der Waals surface area contributed by atoms with Gasteiger partial charge in [-0.1, -0.05) is 62.2 Å². The van der Waals surface area contributed by atoms with E-state index in [-0.39, 0.29) is 17.4 Å². The fraction of sp³-hybridized carbons (Fsp3) is 0.250. The number of aryl methyl sites for hydroxylation is 1. The third-order valence-electron chi connectivity index (χ3n) is 4.55. The van der Waals surface area contributed by atoms with Crippen molar-refractivity contribution in [3.05, 3.63) is 59.9 Å². The van der Waals surface area contributed by atoms with Gasteiger partial charge in [-0.25, -0.2) is 19.1 Å². The number of anilines is 2. The Hall–Kier alpha value is -1.97. The second-order valence-electron chi connectivity index (χ2n) is 6.64. The Labute approximate surface area is 195 Å². The molecule has 1 saturated heterocycles. The van der Waals surface area contributed by atoms with Gasteiger partial charge in [0.1, 0.15) is 15.2 Å². The SMILES string of the molecule is Cc1ccccc1NC(N=C1C(=O)N(C)C(=O)N1c1ccccc1F)C(Br)(Br)CCl. The van der Waals surface area contributed by atoms with E-state index in [1.54, 1.807) is 6.07 Å². The maximum absolute atomic E-state index is 14.4. The topological polar surface area (TPSA) is 65.0 Å². The van der Waals surface area contributed by atoms with Gasteiger partial charge in [0.25, 0.3) is 5.91 Å². The number of para-hydroxylation sites is 2. The van der Waals surface area contributed by atoms with Crippen LogP contribution in [0.25, 0.3) is 0 Å². The van der Waals surface area contributed by atoms with Gasteiger partial charge < -0.3 is 5.32 Å². The fourth-order valence-corrected chi connectivity index (χ4v) is 3.43. The van der Waals surface area contributed by atoms with Crippen LogP contribution in [0, 0.1) is 12.7 Å². The third-order valence-corrected chi connectivity index (χ3v) is 7.04. The van der Waals surface area contributed by atoms with Crippen LogP contribution in [-0.2, 0) is 4.79 Å². The van der Waals surface area contributed by atoms with Gasteiger partial charge in [0.15, 0.2) is 0 Å². The van der Waals surface area contributed by atoms with E-state index in [2.05, 4.69) is 42.2 Å². The Morgan fingerprint density at radius 2 is 1.80 bits per heavy atom. The molecule has 0 saturated carbocycles. The molecule has 1 atom stereocenters. The number of nitrogens with one attached hydrogen (secondary N) is 1. The fourth-order valence-electron chi connectivity index (χ4n) is 2.85. The summed E-state index contributed by atoms with van der Waals surface area (Å²) in [6.45, 7) is 1.92. The van der Waals surface area contributed by atoms with Crippen LogP contribution in [0.1, 0.15) is 5.56 Å². The molecule has 1 aliphatic rings. The number of halogens is 4. The highest BCUT2D eigenvalue weighted by atomic mass is 79.9. The van der Waals surface area contributed by atoms with E-state index in [4.69, 9.17) is 11.6 Å². The summed E-state index contributed by atoms with van der Waals surface area (Å²) < 4.78 is 13.5. The summed E-state index contributed by atoms with van der Waals surface area (Å²) in [4.78, 5) is 31.9. The lowest BCUT2D eigenvalue weighted by Crippen LogP contribution is -2.41. The van der Waals surface area contributed by atoms with Crippen molar-refractivity contribution in [3.63, 3.8) is 0 Å². The van der Waals surface area contributed by atoms with Gasteiger partial charge in [0.2, 0.25) is 5.84 Å². The zero-order chi connectivity index (χ0) is 22.1. The predicted octanol–water partition coefficient (Wildman–Crippen LogP) is 5.09. The first-order valence-corrected chi connectivity index (χ1v) is 11.0. The summed E-state index contributed by atoms with van der Waals surface area (Å²) in [7, 11) is 1.32. The molecule has 1 heterocycles. The van der Waals surface area contributed by atoms with Crippen LogP contribution in [0.5, 0.6) is 0 Å². The number of urea groups is 1. The van der Waals surface area contributed by atoms with Crippen LogP contribution in [0.2, 0.25) is 0 Å². The van der Waals surface area contributed by atoms with Crippen LogP contribution < -0.4 is 10.2 Å². The van der Waals surface area contributed by atoms with Gasteiger partial charge in [0, 0.05) is 12.7 Å². The van der Waals surface area contributed by atoms with E-state index >= 15 is 0 Å². The largest absolute Gasteiger partial charge is 0.362 e. The Balaban J connectivity index is 2.11. The number of amides is 3. The highest BCUT2D eigenvalue weighted by molar-refractivity contribution is 9.25. The van der Waals surface area contributed by atoms with Crippen molar-refractivity contribution in [1.29, 1.82) is 0 Å². The zero-order valence-electron chi connectivity index (χ0n) is 16.1. The van der Waals surface area contributed by atoms with Gasteiger partial charge in [-0.2, -0.15) is 0 Å². The lowest BCUT2D eigenvalue weighted by atomic mass is 10.2. The Morgan fingerprint density at radius 1 is 1.17 bits per heavy atom. The molecule has 1 N–H and O–H groups in total. The highest BCUT2D eigenvalue weighted by Gasteiger charge is 2.44. The number of carbonyl (C=O) groups excluding carboxylic acids is 2. The van der Waals surface area contributed by atoms with Crippen molar-refractivity contribution in [3.8, 4) is 0 Å². The van der Waals surface area contributed by atoms with Crippen molar-refractivity contribution < 1.29 is 14.0 Å². The van der Waals surface area contributed by atoms with Crippen molar-refractivity contribution in [2.75, 3.05) is 23.1 Å². The molecule has 2 aromatic carbocycles. The first-order chi connectivity index (χ1) is 14.2. The van der Waals surface area contributed by atoms with E-state index in [0.29, 0.717) is 0 Å². The minimum absolute atomic E-state index is 0.0609. The zero-order valence-corrected chi connectivity index (χ0v) is 20.0. The Kier molecular flexibility index (Phi) is 6.84. The predicted molar refractivity (Wildman–Crippen MR) is 124 cm³/mol. The lowest BCUT2D eigenvalue weighted by molar-refractivity contribution is -0.119. The molecule has 1 unspecified atom stereocenters. The van der Waals surface area contributed by atoms with Gasteiger partial charge in [-0.15, -0.1) is 11.6 Å². The molecule has 158 valence electrons. The second kappa shape index (κ2) is 9.03. The molecule has 1 aliphatic heterocycles. The van der Waals surface area contributed by atoms with Gasteiger partial charge in [-0.05, 0) is 30.7 Å². The molecule has 10 heteroatoms. The molecule has 0 aromatic heterocycles. The van der Waals surface area contributed by atoms with Crippen LogP contribution in [0.15, 0.2) is 53.5 Å². The summed E-state index contributed by atoms with van der Waals surface area (Å²) in [5, 5.41) is 3.23. The van der Waals surface area contributed by atoms with Gasteiger partial charge in [0.05, 0.1) is 11.6 Å². The van der Waals surface area contributed by atoms with E-state index in [1.807, 2.05) is 31.2 Å². The molecule has 0 bridgehead atoms. The van der Waals surface area contributed by atoms with E-state index in [9.17, 15) is 14.0 Å². The number of likely N-dealkylation sites (N-methyl/N-ethyl adjacent to an activating group) is 1. The molecule has 0 spiro atoms. The molecule has 6 nitrogen and oxygen atoms in total. The standard InChI is InChI=1S/C20H18Br2ClFN4O2/c1-12-7-3-5-9-14(12)25-18(20(21,22)11-23)26-16-17(29)27(2)19(30)28(16)15-10-6-4-8-13(15)24/h3-10,18,25H,11H2,1-2H3. The number of imide groups is 1. The molecule has 0 aliphatic carbocycles. The van der Waals surface area contributed by atoms with E-state index in [1.165, 1.54) is 25.2 Å². The summed E-state index contributed by atoms with van der Waals surface area (Å²) in [5.74, 6) is -1.44. The summed E-state index contributed by atoms with van der Waals surface area (Å²) in [5.41, 5.74) is 1.65. The minimum Gasteiger partial charge on any atom is -0.362 e. The normalized spacial score (nSPS) is 17.1. The maximum atomic E-state index is 14.4. The number of hydrogen-bond donors (Lipinski definition) is 1. The Morgan fingerprint density at radius 3 is 2.43 bits per heavy atom. The van der Waals surface area contributed by atoms with E-state index < -0.39 is 27.2 Å². The average Bonchev–Trinajstić information content (AvgIpc) is 2.93. The Bertz CT molecular complexity index is 1020. The molecule has 0 radical (unpaired) electrons. The van der Waals surface area contributed by atoms with Crippen molar-refractivity contribution in [1.82, 2.24) is 4.90 Å². The van der Waals surface area contributed by atoms with Crippen molar-refractivity contribution >= 4 is 72.6 Å². The molecule has 3 rings (SSSR count). The molecule has 30 heavy (non-hydrogen) atoms. The van der Waals surface area contributed by atoms with Crippen molar-refractivity contribution in [2.45, 2.75) is 16.3 Å². The molecule has 1 fully saturated rings. The van der Waals surface area contributed by atoms with E-state index in [0.717, 1.165) is 21.1 Å². The van der Waals surface area contributed by atoms with Crippen LogP contribution in [0.4, 0.5) is 20.6 Å². The van der Waals surface area contributed by atoms with Gasteiger partial charge in [-0.3, -0.25) is 9.69 Å². The maximum Gasteiger partial charge on any atom is 0.337 e. The number of hydrogen-bond acceptors (Lipinski definition) is 4. The highest BCUT2D eigenvalue weighted by Crippen LogP contribution is 2.36. The summed E-state index contributed by atoms with van der Waals surface area (Å²) in [6.07, 6.45) is -0.816. The number of carbonyl (C=O) groups is 2. The molecule has 3 amide bonds. The lowest BCUT2D eigenvalue weighted by Gasteiger charge is -2.29. The minimum atomic E-state index is -0.956. The quantitative estimate of drug-likeness (QED) is 0.395. The first-order valence-electron chi connectivity index (χ1n) is 8.88. The third kappa shape index (κ3) is 4.38. The van der Waals surface area contributed by atoms with Crippen molar-refractivity contribution in [2.24, 2.45) is 4.99 Å². The molecular formula is C20H18Br2ClFN4O2. The number of nitrogens with zero attached hydrogens (tertiary/aromatic N) is 3. The summed E-state index contributed by atoms with van der Waals surface area (Å²) >= 11 is 13.1. The monoisotopic (exact) mass is 558 g/mol. The van der Waals surface area contributed by atoms with Crippen LogP contribution >= 0.6 is 43.5 Å². The first kappa shape index (κ1) is 22.7. The average molecular weight is 561 g/mol. The molecule has 2 aromatic rings. The summed E-state index contributed by atoms with van der Waals surface area (Å²) in [6, 6.07) is 12.5. The number of benzene rings is 2. The number of amidine groups is 1. The van der Waals surface area contributed by atoms with Crippen LogP contribution in [0.3, 0.4) is 0 Å². The smallest absolute Gasteiger partial charge is 0.337 e. The van der Waals surface area contributed by atoms with Gasteiger partial charge >= 0.3 is 6.03 Å². The number of alkyl halides is 3. The second-order valence-corrected chi connectivity index (χ2v) is 10.8. The number of aliphatic imine (C=N–C) groups is 1.